The van der Waals surface area contributed by atoms with Crippen molar-refractivity contribution in [2.24, 2.45) is 0 Å². The van der Waals surface area contributed by atoms with E-state index in [9.17, 15) is 15.1 Å². The fourth-order valence-electron chi connectivity index (χ4n) is 5.68. The second-order valence-corrected chi connectivity index (χ2v) is 10.0. The highest BCUT2D eigenvalue weighted by Gasteiger charge is 2.18. The molecule has 0 saturated carbocycles. The molecule has 46 heavy (non-hydrogen) atoms. The van der Waals surface area contributed by atoms with Gasteiger partial charge in [0.05, 0.1) is 35.6 Å². The number of hydrogen-bond acceptors (Lipinski definition) is 2. The van der Waals surface area contributed by atoms with E-state index in [4.69, 9.17) is 29.4 Å². The molecule has 0 amide bonds. The van der Waals surface area contributed by atoms with Gasteiger partial charge in [0.15, 0.2) is 0 Å². The van der Waals surface area contributed by atoms with Gasteiger partial charge in [-0.3, -0.25) is 0 Å². The first kappa shape index (κ1) is 10.8. The standard InChI is InChI=1S/C44H26O2/c1-2-10-28(11-3-1)41-31-12-4-6-14-33(31)42(34-15-7-5-13-32(34)41)29-20-18-27(19-21-29)30-22-23-36-40(26-30)46-39-25-24-38-43(44(36)39)35-16-8-9-17-37(35)45-38/h1-26H/i1D,2D,3D,4D,5D,6D,7D,8D,9D,10D,11D,12D,13D,14D,15D,16D,17D,18D,19D,20D,21D,22D,23D,24D,25D,26D. The fourth-order valence-corrected chi connectivity index (χ4v) is 5.68. The lowest BCUT2D eigenvalue weighted by Gasteiger charge is -2.18. The largest absolute Gasteiger partial charge is 0.456 e. The van der Waals surface area contributed by atoms with Crippen LogP contribution in [0.2, 0.25) is 0 Å². The summed E-state index contributed by atoms with van der Waals surface area (Å²) in [6.07, 6.45) is 0. The van der Waals surface area contributed by atoms with E-state index >= 15 is 0 Å². The highest BCUT2D eigenvalue weighted by molar-refractivity contribution is 6.26. The SMILES string of the molecule is [2H]c1c([2H])c([2H])c(-c2c3c([2H])c([2H])c([2H])c([2H])c3c(-c3c([2H])c([2H])c(-c4c([2H])c([2H])c5c(oc6c([2H])c([2H])c7oc8c([2H])c([2H])c([2H])c([2H])c8c7c65)c4[2H])c([2H])c3[2H])c3c([2H])c([2H])c([2H])c([2H])c23)c([2H])c1[2H]. The third-order valence-corrected chi connectivity index (χ3v) is 7.58. The monoisotopic (exact) mass is 612 g/mol. The Morgan fingerprint density at radius 1 is 0.304 bits per heavy atom. The maximum Gasteiger partial charge on any atom is 0.136 e. The van der Waals surface area contributed by atoms with E-state index in [-0.39, 0.29) is 21.5 Å². The summed E-state index contributed by atoms with van der Waals surface area (Å²) in [7, 11) is 0. The van der Waals surface area contributed by atoms with Crippen LogP contribution in [0.1, 0.15) is 35.6 Å². The molecule has 0 aliphatic carbocycles. The average Bonchev–Trinajstić information content (AvgIpc) is 3.96. The van der Waals surface area contributed by atoms with Gasteiger partial charge in [0, 0.05) is 21.5 Å². The van der Waals surface area contributed by atoms with Crippen molar-refractivity contribution >= 4 is 65.4 Å². The first-order valence-electron chi connectivity index (χ1n) is 26.6. The zero-order valence-corrected chi connectivity index (χ0v) is 22.8. The molecular weight excluding hydrogens is 560 g/mol. The number of rotatable bonds is 3. The molecule has 0 atom stereocenters. The Hall–Kier alpha value is -6.12. The van der Waals surface area contributed by atoms with E-state index in [2.05, 4.69) is 0 Å². The lowest BCUT2D eigenvalue weighted by molar-refractivity contribution is 0.663. The van der Waals surface area contributed by atoms with Gasteiger partial charge in [-0.15, -0.1) is 0 Å². The molecule has 0 aliphatic rings. The molecule has 0 saturated heterocycles. The van der Waals surface area contributed by atoms with Gasteiger partial charge in [-0.25, -0.2) is 0 Å². The predicted octanol–water partition coefficient (Wildman–Crippen LogP) is 12.8. The number of para-hydroxylation sites is 1. The minimum absolute atomic E-state index is 0.201. The summed E-state index contributed by atoms with van der Waals surface area (Å²) in [6, 6.07) is -22.8. The van der Waals surface area contributed by atoms with Gasteiger partial charge >= 0.3 is 0 Å². The Kier molecular flexibility index (Phi) is 2.26. The molecule has 10 rings (SSSR count). The maximum atomic E-state index is 9.52. The molecule has 2 heterocycles. The Balaban J connectivity index is 1.37. The molecule has 2 nitrogen and oxygen atoms in total. The number of benzene rings is 8. The summed E-state index contributed by atoms with van der Waals surface area (Å²) in [5.41, 5.74) is -6.31. The van der Waals surface area contributed by atoms with E-state index in [1.807, 2.05) is 0 Å². The number of hydrogen-bond donors (Lipinski definition) is 0. The highest BCUT2D eigenvalue weighted by atomic mass is 16.3. The van der Waals surface area contributed by atoms with Gasteiger partial charge in [0.2, 0.25) is 0 Å². The van der Waals surface area contributed by atoms with Crippen LogP contribution >= 0.6 is 0 Å². The third-order valence-electron chi connectivity index (χ3n) is 7.58. The second kappa shape index (κ2) is 9.69. The van der Waals surface area contributed by atoms with E-state index in [1.165, 1.54) is 0 Å². The van der Waals surface area contributed by atoms with Crippen molar-refractivity contribution in [3.8, 4) is 33.4 Å². The highest BCUT2D eigenvalue weighted by Crippen LogP contribution is 2.44. The van der Waals surface area contributed by atoms with Gasteiger partial charge in [0.1, 0.15) is 22.3 Å². The van der Waals surface area contributed by atoms with Crippen LogP contribution in [-0.2, 0) is 0 Å². The van der Waals surface area contributed by atoms with Crippen molar-refractivity contribution in [2.75, 3.05) is 0 Å². The molecule has 0 bridgehead atoms. The average molecular weight is 613 g/mol. The molecule has 2 heteroatoms. The Morgan fingerprint density at radius 3 is 1.35 bits per heavy atom. The summed E-state index contributed by atoms with van der Waals surface area (Å²) in [5.74, 6) is 0. The summed E-state index contributed by atoms with van der Waals surface area (Å²) < 4.78 is 243. The Labute approximate surface area is 301 Å². The van der Waals surface area contributed by atoms with Gasteiger partial charge in [-0.2, -0.15) is 0 Å². The van der Waals surface area contributed by atoms with E-state index < -0.39 is 234 Å². The first-order valence-corrected chi connectivity index (χ1v) is 13.6. The van der Waals surface area contributed by atoms with E-state index in [0.29, 0.717) is 0 Å². The summed E-state index contributed by atoms with van der Waals surface area (Å²) in [6.45, 7) is 0. The van der Waals surface area contributed by atoms with Crippen LogP contribution in [0.15, 0.2) is 166 Å². The van der Waals surface area contributed by atoms with Crippen molar-refractivity contribution in [2.45, 2.75) is 0 Å². The minimum Gasteiger partial charge on any atom is -0.456 e. The van der Waals surface area contributed by atoms with Crippen molar-refractivity contribution in [3.63, 3.8) is 0 Å². The zero-order valence-electron chi connectivity index (χ0n) is 48.8. The molecule has 8 aromatic carbocycles. The molecule has 214 valence electrons. The summed E-state index contributed by atoms with van der Waals surface area (Å²) in [4.78, 5) is 0. The summed E-state index contributed by atoms with van der Waals surface area (Å²) >= 11 is 0. The smallest absolute Gasteiger partial charge is 0.136 e. The maximum absolute atomic E-state index is 9.52. The molecule has 0 radical (unpaired) electrons. The van der Waals surface area contributed by atoms with Crippen LogP contribution in [0, 0.1) is 0 Å². The molecule has 10 aromatic rings. The Morgan fingerprint density at radius 2 is 0.739 bits per heavy atom. The van der Waals surface area contributed by atoms with Crippen LogP contribution < -0.4 is 0 Å². The van der Waals surface area contributed by atoms with Crippen molar-refractivity contribution in [1.82, 2.24) is 0 Å². The van der Waals surface area contributed by atoms with E-state index in [1.54, 1.807) is 0 Å². The number of fused-ring (bicyclic) bond motifs is 9. The summed E-state index contributed by atoms with van der Waals surface area (Å²) in [5, 5.41) is -3.82. The fraction of sp³-hybridized carbons (Fsp3) is 0. The van der Waals surface area contributed by atoms with Crippen LogP contribution in [-0.4, -0.2) is 0 Å². The molecule has 0 spiro atoms. The van der Waals surface area contributed by atoms with Crippen molar-refractivity contribution < 1.29 is 44.5 Å². The molecule has 0 aliphatic heterocycles. The minimum atomic E-state index is -1.06. The van der Waals surface area contributed by atoms with Crippen LogP contribution in [0.3, 0.4) is 0 Å². The lowest BCUT2D eigenvalue weighted by Crippen LogP contribution is -1.90. The van der Waals surface area contributed by atoms with E-state index in [0.717, 1.165) is 0 Å². The van der Waals surface area contributed by atoms with Gasteiger partial charge in [-0.05, 0) is 85.1 Å². The molecule has 0 N–H and O–H groups in total. The quantitative estimate of drug-likeness (QED) is 0.186. The van der Waals surface area contributed by atoms with Crippen LogP contribution in [0.5, 0.6) is 0 Å². The number of furan rings is 2. The second-order valence-electron chi connectivity index (χ2n) is 10.0. The van der Waals surface area contributed by atoms with Crippen LogP contribution in [0.25, 0.3) is 98.8 Å². The molecular formula is C44H26O2. The zero-order chi connectivity index (χ0) is 52.8. The van der Waals surface area contributed by atoms with Gasteiger partial charge in [0.25, 0.3) is 0 Å². The van der Waals surface area contributed by atoms with Crippen molar-refractivity contribution in [3.05, 3.63) is 157 Å². The first-order chi connectivity index (χ1) is 33.6. The van der Waals surface area contributed by atoms with Gasteiger partial charge in [-0.1, -0.05) is 127 Å². The topological polar surface area (TPSA) is 26.3 Å². The van der Waals surface area contributed by atoms with Gasteiger partial charge < -0.3 is 8.83 Å². The molecule has 0 fully saturated rings. The van der Waals surface area contributed by atoms with Crippen LogP contribution in [0.4, 0.5) is 0 Å². The lowest BCUT2D eigenvalue weighted by atomic mass is 9.86. The Bertz CT molecular complexity index is 4150. The van der Waals surface area contributed by atoms with Crippen molar-refractivity contribution in [1.29, 1.82) is 0 Å². The molecule has 0 unspecified atom stereocenters. The normalized spacial score (nSPS) is 19.8. The third kappa shape index (κ3) is 3.65. The molecule has 2 aromatic heterocycles. The predicted molar refractivity (Wildman–Crippen MR) is 192 cm³/mol.